The van der Waals surface area contributed by atoms with E-state index in [1.165, 1.54) is 5.56 Å². The second-order valence-corrected chi connectivity index (χ2v) is 11.5. The first-order chi connectivity index (χ1) is 18.1. The number of aliphatic hydroxyl groups is 1. The number of Topliss-reactive ketones (excluding diaryl/α,β-unsaturated/α-hetero) is 1. The summed E-state index contributed by atoms with van der Waals surface area (Å²) in [7, 11) is 1.84. The van der Waals surface area contributed by atoms with Crippen molar-refractivity contribution in [2.45, 2.75) is 59.0 Å². The Kier molecular flexibility index (Phi) is 8.05. The van der Waals surface area contributed by atoms with Crippen LogP contribution in [0.25, 0.3) is 0 Å². The van der Waals surface area contributed by atoms with E-state index < -0.39 is 6.35 Å². The molecule has 1 aromatic carbocycles. The standard InChI is InChI=1S/C31H39N5O2/c1-7-22(19-32)24(13-10-17-35-18-16-23-11-8-9-12-25(23)28(35)21(2)37)26-14-15-27-29(33-26)34(6)30(38)36(27)20-31(3,4)5/h7-13,15,26,28,30,38H,1,14,16-18,20H2,2-6H3/b13-10+,24-22-. The molecule has 3 atom stereocenters. The Morgan fingerprint density at radius 1 is 1.32 bits per heavy atom. The van der Waals surface area contributed by atoms with Gasteiger partial charge in [-0.05, 0) is 41.9 Å². The van der Waals surface area contributed by atoms with E-state index in [1.54, 1.807) is 17.9 Å². The van der Waals surface area contributed by atoms with Crippen LogP contribution in [0.2, 0.25) is 0 Å². The van der Waals surface area contributed by atoms with Crippen LogP contribution >= 0.6 is 0 Å². The van der Waals surface area contributed by atoms with Gasteiger partial charge in [-0.3, -0.25) is 14.7 Å². The highest BCUT2D eigenvalue weighted by molar-refractivity contribution is 6.00. The lowest BCUT2D eigenvalue weighted by atomic mass is 9.90. The van der Waals surface area contributed by atoms with Crippen molar-refractivity contribution >= 4 is 11.6 Å². The van der Waals surface area contributed by atoms with Gasteiger partial charge < -0.3 is 14.9 Å². The van der Waals surface area contributed by atoms with Gasteiger partial charge in [0.05, 0.1) is 29.4 Å². The maximum Gasteiger partial charge on any atom is 0.208 e. The smallest absolute Gasteiger partial charge is 0.208 e. The van der Waals surface area contributed by atoms with E-state index >= 15 is 0 Å². The lowest BCUT2D eigenvalue weighted by molar-refractivity contribution is -0.122. The summed E-state index contributed by atoms with van der Waals surface area (Å²) in [6.07, 6.45) is 8.42. The summed E-state index contributed by atoms with van der Waals surface area (Å²) in [4.78, 5) is 23.6. The Labute approximate surface area is 226 Å². The van der Waals surface area contributed by atoms with Crippen LogP contribution in [0.1, 0.15) is 51.3 Å². The van der Waals surface area contributed by atoms with Gasteiger partial charge in [0.25, 0.3) is 0 Å². The molecule has 0 spiro atoms. The molecule has 0 bridgehead atoms. The molecule has 0 aliphatic carbocycles. The molecule has 0 amide bonds. The predicted octanol–water partition coefficient (Wildman–Crippen LogP) is 4.36. The molecule has 0 saturated carbocycles. The minimum absolute atomic E-state index is 0.00623. The molecule has 1 aromatic rings. The van der Waals surface area contributed by atoms with Crippen molar-refractivity contribution in [3.8, 4) is 6.07 Å². The molecule has 38 heavy (non-hydrogen) atoms. The molecular formula is C31H39N5O2. The van der Waals surface area contributed by atoms with Crippen LogP contribution in [0.15, 0.2) is 77.0 Å². The third-order valence-corrected chi connectivity index (χ3v) is 7.36. The highest BCUT2D eigenvalue weighted by Gasteiger charge is 2.40. The summed E-state index contributed by atoms with van der Waals surface area (Å²) in [6, 6.07) is 9.90. The van der Waals surface area contributed by atoms with Crippen LogP contribution in [0, 0.1) is 16.7 Å². The zero-order chi connectivity index (χ0) is 27.6. The van der Waals surface area contributed by atoms with Crippen molar-refractivity contribution in [2.24, 2.45) is 10.4 Å². The van der Waals surface area contributed by atoms with Gasteiger partial charge in [-0.1, -0.05) is 75.9 Å². The van der Waals surface area contributed by atoms with Gasteiger partial charge in [0.15, 0.2) is 11.6 Å². The molecule has 3 aliphatic rings. The Hall–Kier alpha value is -3.47. The molecule has 7 heteroatoms. The summed E-state index contributed by atoms with van der Waals surface area (Å²) < 4.78 is 0. The summed E-state index contributed by atoms with van der Waals surface area (Å²) >= 11 is 0. The number of hydrogen-bond donors (Lipinski definition) is 1. The van der Waals surface area contributed by atoms with Gasteiger partial charge in [0.1, 0.15) is 0 Å². The number of likely N-dealkylation sites (N-methyl/N-ethyl adjacent to an activating group) is 1. The largest absolute Gasteiger partial charge is 0.356 e. The molecule has 7 nitrogen and oxygen atoms in total. The Balaban J connectivity index is 1.58. The third-order valence-electron chi connectivity index (χ3n) is 7.36. The number of carbonyl (C=O) groups is 1. The SMILES string of the molecule is C=C/C(C#N)=C(\C=C\CN1CCc2ccccc2C1C(C)=O)C1CC=C2C(=N1)N(C)C(O)N2CC(C)(C)C. The van der Waals surface area contributed by atoms with Crippen molar-refractivity contribution in [1.29, 1.82) is 5.26 Å². The van der Waals surface area contributed by atoms with Crippen molar-refractivity contribution < 1.29 is 9.90 Å². The zero-order valence-corrected chi connectivity index (χ0v) is 23.2. The van der Waals surface area contributed by atoms with E-state index in [0.29, 0.717) is 25.1 Å². The van der Waals surface area contributed by atoms with Crippen LogP contribution in [-0.4, -0.2) is 70.5 Å². The van der Waals surface area contributed by atoms with E-state index in [-0.39, 0.29) is 23.3 Å². The molecule has 0 radical (unpaired) electrons. The lowest BCUT2D eigenvalue weighted by Crippen LogP contribution is -2.40. The van der Waals surface area contributed by atoms with Crippen LogP contribution in [0.5, 0.6) is 0 Å². The van der Waals surface area contributed by atoms with E-state index in [2.05, 4.69) is 50.5 Å². The fourth-order valence-electron chi connectivity index (χ4n) is 5.63. The minimum atomic E-state index is -0.777. The summed E-state index contributed by atoms with van der Waals surface area (Å²) in [6.45, 7) is 14.0. The Bertz CT molecular complexity index is 1260. The second-order valence-electron chi connectivity index (χ2n) is 11.5. The van der Waals surface area contributed by atoms with E-state index in [1.807, 2.05) is 42.3 Å². The van der Waals surface area contributed by atoms with Gasteiger partial charge in [0.2, 0.25) is 6.35 Å². The highest BCUT2D eigenvalue weighted by atomic mass is 16.3. The summed E-state index contributed by atoms with van der Waals surface area (Å²) in [5.41, 5.74) is 4.52. The average Bonchev–Trinajstić information content (AvgIpc) is 3.11. The third kappa shape index (κ3) is 5.52. The first-order valence-electron chi connectivity index (χ1n) is 13.3. The lowest BCUT2D eigenvalue weighted by Gasteiger charge is -2.35. The molecule has 3 heterocycles. The molecule has 1 fully saturated rings. The molecule has 0 aromatic heterocycles. The van der Waals surface area contributed by atoms with Crippen molar-refractivity contribution in [3.05, 3.63) is 83.1 Å². The molecule has 3 aliphatic heterocycles. The number of rotatable bonds is 7. The summed E-state index contributed by atoms with van der Waals surface area (Å²) in [5.74, 6) is 0.860. The quantitative estimate of drug-likeness (QED) is 0.431. The number of benzene rings is 1. The van der Waals surface area contributed by atoms with Crippen molar-refractivity contribution in [2.75, 3.05) is 26.7 Å². The van der Waals surface area contributed by atoms with Crippen molar-refractivity contribution in [3.63, 3.8) is 0 Å². The first-order valence-corrected chi connectivity index (χ1v) is 13.3. The van der Waals surface area contributed by atoms with Crippen LogP contribution < -0.4 is 0 Å². The molecule has 4 rings (SSSR count). The number of amidine groups is 1. The topological polar surface area (TPSA) is 83.2 Å². The van der Waals surface area contributed by atoms with Crippen LogP contribution in [-0.2, 0) is 11.2 Å². The van der Waals surface area contributed by atoms with Gasteiger partial charge >= 0.3 is 0 Å². The van der Waals surface area contributed by atoms with E-state index in [0.717, 1.165) is 35.6 Å². The number of dihydropyridines is 1. The van der Waals surface area contributed by atoms with E-state index in [9.17, 15) is 15.2 Å². The number of aliphatic imine (C=N–C) groups is 1. The number of nitriles is 1. The molecule has 1 saturated heterocycles. The predicted molar refractivity (Wildman–Crippen MR) is 151 cm³/mol. The maximum atomic E-state index is 12.6. The number of ketones is 1. The molecule has 200 valence electrons. The molecular weight excluding hydrogens is 474 g/mol. The average molecular weight is 514 g/mol. The zero-order valence-electron chi connectivity index (χ0n) is 23.2. The monoisotopic (exact) mass is 513 g/mol. The first kappa shape index (κ1) is 27.6. The number of nitrogens with zero attached hydrogens (tertiary/aromatic N) is 5. The summed E-state index contributed by atoms with van der Waals surface area (Å²) in [5, 5.41) is 20.8. The highest BCUT2D eigenvalue weighted by Crippen LogP contribution is 2.34. The Morgan fingerprint density at radius 2 is 2.05 bits per heavy atom. The van der Waals surface area contributed by atoms with Gasteiger partial charge in [0, 0.05) is 26.7 Å². The maximum absolute atomic E-state index is 12.6. The normalized spacial score (nSPS) is 24.3. The number of hydrogen-bond acceptors (Lipinski definition) is 7. The van der Waals surface area contributed by atoms with Crippen molar-refractivity contribution in [1.82, 2.24) is 14.7 Å². The number of carbonyl (C=O) groups excluding carboxylic acids is 1. The number of fused-ring (bicyclic) bond motifs is 2. The molecule has 1 N–H and O–H groups in total. The fourth-order valence-corrected chi connectivity index (χ4v) is 5.63. The second kappa shape index (κ2) is 11.1. The van der Waals surface area contributed by atoms with Crippen LogP contribution in [0.4, 0.5) is 0 Å². The van der Waals surface area contributed by atoms with Gasteiger partial charge in [-0.2, -0.15) is 5.26 Å². The Morgan fingerprint density at radius 3 is 2.71 bits per heavy atom. The minimum Gasteiger partial charge on any atom is -0.356 e. The van der Waals surface area contributed by atoms with Gasteiger partial charge in [-0.15, -0.1) is 0 Å². The van der Waals surface area contributed by atoms with Gasteiger partial charge in [-0.25, -0.2) is 0 Å². The number of allylic oxidation sites excluding steroid dienone is 2. The van der Waals surface area contributed by atoms with E-state index in [4.69, 9.17) is 4.99 Å². The molecule has 3 unspecified atom stereocenters. The fraction of sp³-hybridized carbons (Fsp3) is 0.452. The number of aliphatic hydroxyl groups excluding tert-OH is 1. The van der Waals surface area contributed by atoms with Crippen LogP contribution in [0.3, 0.4) is 0 Å².